The van der Waals surface area contributed by atoms with Crippen LogP contribution in [0.1, 0.15) is 38.8 Å². The fourth-order valence-corrected chi connectivity index (χ4v) is 4.14. The van der Waals surface area contributed by atoms with Crippen LogP contribution in [0.25, 0.3) is 0 Å². The van der Waals surface area contributed by atoms with E-state index in [1.165, 1.54) is 28.2 Å². The Balaban J connectivity index is 2.22. The number of anilines is 2. The van der Waals surface area contributed by atoms with Gasteiger partial charge < -0.3 is 0 Å². The monoisotopic (exact) mass is 352 g/mol. The van der Waals surface area contributed by atoms with Gasteiger partial charge in [0, 0.05) is 6.07 Å². The summed E-state index contributed by atoms with van der Waals surface area (Å²) in [6.45, 7) is 9.15. The zero-order chi connectivity index (χ0) is 19.1. The number of para-hydroxylation sites is 3. The maximum Gasteiger partial charge on any atom is 0.229 e. The molecule has 140 valence electrons. The highest BCUT2D eigenvalue weighted by Crippen LogP contribution is 2.47. The Morgan fingerprint density at radius 2 is 1.42 bits per heavy atom. The van der Waals surface area contributed by atoms with Gasteiger partial charge in [-0.1, -0.05) is 58.0 Å². The lowest BCUT2D eigenvalue weighted by Gasteiger charge is -2.34. The van der Waals surface area contributed by atoms with Crippen molar-refractivity contribution in [3.8, 4) is 0 Å². The zero-order valence-corrected chi connectivity index (χ0v) is 17.2. The lowest BCUT2D eigenvalue weighted by Crippen LogP contribution is -2.58. The standard InChI is InChI=1S/C23H34N3/c1-16(2)14-18-10-9-11-19(15-17(3)4)22(18)25-20-12-7-8-13-21(20)26(5,6)23(25)24/h7-13,16-17,23H,14-15,24H2,1-6H3/q+1. The van der Waals surface area contributed by atoms with Crippen LogP contribution >= 0.6 is 0 Å². The van der Waals surface area contributed by atoms with E-state index in [2.05, 4.69) is 89.2 Å². The van der Waals surface area contributed by atoms with Gasteiger partial charge in [-0.05, 0) is 41.9 Å². The summed E-state index contributed by atoms with van der Waals surface area (Å²) in [5.74, 6) is 1.22. The van der Waals surface area contributed by atoms with Gasteiger partial charge in [0.1, 0.15) is 5.69 Å². The molecule has 0 saturated heterocycles. The third kappa shape index (κ3) is 3.26. The van der Waals surface area contributed by atoms with Gasteiger partial charge in [0.05, 0.1) is 19.8 Å². The van der Waals surface area contributed by atoms with Crippen LogP contribution in [0.3, 0.4) is 0 Å². The lowest BCUT2D eigenvalue weighted by molar-refractivity contribution is 0.325. The second kappa shape index (κ2) is 7.05. The molecule has 0 spiro atoms. The lowest BCUT2D eigenvalue weighted by atomic mass is 9.93. The molecule has 1 atom stereocenters. The Hall–Kier alpha value is -1.84. The summed E-state index contributed by atoms with van der Waals surface area (Å²) >= 11 is 0. The summed E-state index contributed by atoms with van der Waals surface area (Å²) in [6.07, 6.45) is 2.02. The normalized spacial score (nSPS) is 18.7. The van der Waals surface area contributed by atoms with E-state index in [1.54, 1.807) is 0 Å². The van der Waals surface area contributed by atoms with Crippen molar-refractivity contribution in [1.29, 1.82) is 0 Å². The molecular weight excluding hydrogens is 318 g/mol. The maximum atomic E-state index is 6.84. The quantitative estimate of drug-likeness (QED) is 0.764. The molecule has 3 rings (SSSR count). The minimum atomic E-state index is -0.119. The Kier molecular flexibility index (Phi) is 5.14. The molecule has 2 aromatic rings. The molecule has 0 radical (unpaired) electrons. The highest BCUT2D eigenvalue weighted by Gasteiger charge is 2.45. The van der Waals surface area contributed by atoms with Gasteiger partial charge in [-0.15, -0.1) is 0 Å². The topological polar surface area (TPSA) is 29.3 Å². The molecule has 1 aliphatic rings. The van der Waals surface area contributed by atoms with E-state index in [9.17, 15) is 0 Å². The largest absolute Gasteiger partial charge is 0.272 e. The number of rotatable bonds is 5. The van der Waals surface area contributed by atoms with Gasteiger partial charge >= 0.3 is 0 Å². The Morgan fingerprint density at radius 3 is 1.96 bits per heavy atom. The van der Waals surface area contributed by atoms with E-state index >= 15 is 0 Å². The summed E-state index contributed by atoms with van der Waals surface area (Å²) in [6, 6.07) is 15.4. The van der Waals surface area contributed by atoms with Crippen LogP contribution in [0.15, 0.2) is 42.5 Å². The van der Waals surface area contributed by atoms with Gasteiger partial charge in [0.15, 0.2) is 5.69 Å². The van der Waals surface area contributed by atoms with E-state index < -0.39 is 0 Å². The SMILES string of the molecule is CC(C)Cc1cccc(CC(C)C)c1N1c2ccccc2[N+](C)(C)C1N. The second-order valence-electron chi connectivity index (χ2n) is 8.93. The van der Waals surface area contributed by atoms with Crippen molar-refractivity contribution in [1.82, 2.24) is 4.48 Å². The van der Waals surface area contributed by atoms with E-state index in [-0.39, 0.29) is 6.29 Å². The number of hydrogen-bond donors (Lipinski definition) is 1. The summed E-state index contributed by atoms with van der Waals surface area (Å²) in [4.78, 5) is 2.39. The third-order valence-electron chi connectivity index (χ3n) is 5.39. The van der Waals surface area contributed by atoms with Gasteiger partial charge in [0.25, 0.3) is 0 Å². The summed E-state index contributed by atoms with van der Waals surface area (Å²) in [5, 5.41) is 0. The van der Waals surface area contributed by atoms with Crippen molar-refractivity contribution in [3.05, 3.63) is 53.6 Å². The van der Waals surface area contributed by atoms with E-state index in [1.807, 2.05) is 0 Å². The molecule has 1 aliphatic heterocycles. The molecule has 3 heteroatoms. The molecule has 0 saturated carbocycles. The Labute approximate surface area is 159 Å². The molecule has 0 fully saturated rings. The van der Waals surface area contributed by atoms with Crippen LogP contribution in [-0.4, -0.2) is 20.4 Å². The number of hydrogen-bond acceptors (Lipinski definition) is 2. The zero-order valence-electron chi connectivity index (χ0n) is 17.2. The van der Waals surface area contributed by atoms with Crippen molar-refractivity contribution in [2.75, 3.05) is 19.0 Å². The van der Waals surface area contributed by atoms with Crippen molar-refractivity contribution in [2.45, 2.75) is 46.8 Å². The summed E-state index contributed by atoms with van der Waals surface area (Å²) < 4.78 is 0.674. The van der Waals surface area contributed by atoms with E-state index in [0.717, 1.165) is 12.8 Å². The molecule has 0 amide bonds. The second-order valence-corrected chi connectivity index (χ2v) is 8.93. The van der Waals surface area contributed by atoms with Crippen molar-refractivity contribution < 1.29 is 0 Å². The minimum absolute atomic E-state index is 0.119. The van der Waals surface area contributed by atoms with Crippen LogP contribution in [0, 0.1) is 11.8 Å². The van der Waals surface area contributed by atoms with Crippen LogP contribution in [-0.2, 0) is 12.8 Å². The van der Waals surface area contributed by atoms with Crippen molar-refractivity contribution in [2.24, 2.45) is 17.6 Å². The van der Waals surface area contributed by atoms with Gasteiger partial charge in [-0.25, -0.2) is 0 Å². The van der Waals surface area contributed by atoms with Gasteiger partial charge in [-0.3, -0.25) is 15.1 Å². The smallest absolute Gasteiger partial charge is 0.229 e. The summed E-state index contributed by atoms with van der Waals surface area (Å²) in [5.41, 5.74) is 13.5. The molecule has 2 aromatic carbocycles. The average Bonchev–Trinajstić information content (AvgIpc) is 2.75. The van der Waals surface area contributed by atoms with Crippen molar-refractivity contribution >= 4 is 17.1 Å². The highest BCUT2D eigenvalue weighted by molar-refractivity contribution is 5.83. The predicted octanol–water partition coefficient (Wildman–Crippen LogP) is 5.04. The molecule has 0 aliphatic carbocycles. The first-order chi connectivity index (χ1) is 12.2. The van der Waals surface area contributed by atoms with Crippen LogP contribution < -0.4 is 15.1 Å². The van der Waals surface area contributed by atoms with E-state index in [4.69, 9.17) is 5.73 Å². The molecule has 3 nitrogen and oxygen atoms in total. The van der Waals surface area contributed by atoms with Crippen LogP contribution in [0.5, 0.6) is 0 Å². The number of nitrogens with zero attached hydrogens (tertiary/aromatic N) is 2. The fourth-order valence-electron chi connectivity index (χ4n) is 4.14. The molecule has 26 heavy (non-hydrogen) atoms. The molecule has 1 heterocycles. The molecular formula is C23H34N3+. The number of nitrogens with two attached hydrogens (primary N) is 1. The first-order valence-corrected chi connectivity index (χ1v) is 9.82. The molecule has 0 bridgehead atoms. The average molecular weight is 353 g/mol. The van der Waals surface area contributed by atoms with Gasteiger partial charge in [0.2, 0.25) is 6.29 Å². The maximum absolute atomic E-state index is 6.84. The highest BCUT2D eigenvalue weighted by atomic mass is 15.6. The minimum Gasteiger partial charge on any atom is -0.272 e. The van der Waals surface area contributed by atoms with Crippen LogP contribution in [0.4, 0.5) is 17.1 Å². The van der Waals surface area contributed by atoms with E-state index in [0.29, 0.717) is 16.3 Å². The predicted molar refractivity (Wildman–Crippen MR) is 114 cm³/mol. The fraction of sp³-hybridized carbons (Fsp3) is 0.478. The number of quaternary nitrogens is 1. The Morgan fingerprint density at radius 1 is 0.885 bits per heavy atom. The van der Waals surface area contributed by atoms with Crippen molar-refractivity contribution in [3.63, 3.8) is 0 Å². The first-order valence-electron chi connectivity index (χ1n) is 9.82. The molecule has 2 N–H and O–H groups in total. The number of fused-ring (bicyclic) bond motifs is 1. The third-order valence-corrected chi connectivity index (χ3v) is 5.39. The number of benzene rings is 2. The van der Waals surface area contributed by atoms with Gasteiger partial charge in [-0.2, -0.15) is 0 Å². The molecule has 0 aromatic heterocycles. The first kappa shape index (κ1) is 18.9. The van der Waals surface area contributed by atoms with Crippen LogP contribution in [0.2, 0.25) is 0 Å². The Bertz CT molecular complexity index is 749. The molecule has 1 unspecified atom stereocenters. The summed E-state index contributed by atoms with van der Waals surface area (Å²) in [7, 11) is 4.41.